The van der Waals surface area contributed by atoms with E-state index in [4.69, 9.17) is 4.74 Å². The lowest BCUT2D eigenvalue weighted by Gasteiger charge is -2.15. The molecule has 4 aromatic rings. The first-order valence-electron chi connectivity index (χ1n) is 11.0. The van der Waals surface area contributed by atoms with Gasteiger partial charge >= 0.3 is 0 Å². The monoisotopic (exact) mass is 493 g/mol. The fourth-order valence-corrected chi connectivity index (χ4v) is 4.19. The molecule has 0 fully saturated rings. The minimum Gasteiger partial charge on any atom is -0.457 e. The molecule has 4 rings (SSSR count). The van der Waals surface area contributed by atoms with E-state index in [2.05, 4.69) is 12.2 Å². The Morgan fingerprint density at radius 2 is 1.63 bits per heavy atom. The summed E-state index contributed by atoms with van der Waals surface area (Å²) >= 11 is 1.72. The topological polar surface area (TPSA) is 38.3 Å². The second kappa shape index (κ2) is 11.1. The lowest BCUT2D eigenvalue weighted by Crippen LogP contribution is -2.14. The number of hydrogen-bond acceptors (Lipinski definition) is 3. The molecule has 0 saturated heterocycles. The molecule has 7 heteroatoms. The third-order valence-corrected chi connectivity index (χ3v) is 6.00. The van der Waals surface area contributed by atoms with Crippen LogP contribution in [0.3, 0.4) is 0 Å². The number of ether oxygens (including phenoxy) is 1. The molecule has 0 saturated carbocycles. The molecule has 0 bridgehead atoms. The van der Waals surface area contributed by atoms with Gasteiger partial charge in [-0.15, -0.1) is 11.8 Å². The average Bonchev–Trinajstić information content (AvgIpc) is 2.82. The van der Waals surface area contributed by atoms with Gasteiger partial charge in [-0.2, -0.15) is 0 Å². The lowest BCUT2D eigenvalue weighted by molar-refractivity contribution is -0.115. The van der Waals surface area contributed by atoms with E-state index in [1.54, 1.807) is 23.9 Å². The van der Waals surface area contributed by atoms with Gasteiger partial charge in [0.25, 0.3) is 0 Å². The Kier molecular flexibility index (Phi) is 7.77. The standard InChI is InChI=1S/C28H22F3NO2S/c1-2-35-23-10-6-18(7-11-23)14-28(33)32-21-9-12-24(25-16-20(30)8-13-26(25)31)27(17-21)34-22-5-3-4-19(29)15-22/h3-13,15-17H,2,14H2,1H3,(H,32,33). The number of amides is 1. The highest BCUT2D eigenvalue weighted by atomic mass is 32.2. The van der Waals surface area contributed by atoms with Crippen molar-refractivity contribution in [1.82, 2.24) is 0 Å². The van der Waals surface area contributed by atoms with Crippen LogP contribution in [-0.2, 0) is 11.2 Å². The van der Waals surface area contributed by atoms with Crippen molar-refractivity contribution in [3.8, 4) is 22.6 Å². The molecule has 1 amide bonds. The maximum atomic E-state index is 14.5. The Balaban J connectivity index is 1.60. The zero-order valence-corrected chi connectivity index (χ0v) is 19.7. The SMILES string of the molecule is CCSc1ccc(CC(=O)Nc2ccc(-c3cc(F)ccc3F)c(Oc3cccc(F)c3)c2)cc1. The second-order valence-corrected chi connectivity index (χ2v) is 9.03. The van der Waals surface area contributed by atoms with Crippen molar-refractivity contribution >= 4 is 23.4 Å². The summed E-state index contributed by atoms with van der Waals surface area (Å²) in [5.74, 6) is -0.725. The number of carbonyl (C=O) groups excluding carboxylic acids is 1. The zero-order chi connectivity index (χ0) is 24.8. The normalized spacial score (nSPS) is 10.7. The second-order valence-electron chi connectivity index (χ2n) is 7.70. The van der Waals surface area contributed by atoms with Crippen LogP contribution in [0.25, 0.3) is 11.1 Å². The van der Waals surface area contributed by atoms with E-state index in [9.17, 15) is 18.0 Å². The number of carbonyl (C=O) groups is 1. The van der Waals surface area contributed by atoms with Gasteiger partial charge in [0.05, 0.1) is 6.42 Å². The molecular formula is C28H22F3NO2S. The molecule has 0 radical (unpaired) electrons. The fraction of sp³-hybridized carbons (Fsp3) is 0.107. The molecule has 0 heterocycles. The maximum absolute atomic E-state index is 14.5. The zero-order valence-electron chi connectivity index (χ0n) is 18.9. The molecule has 0 aromatic heterocycles. The first kappa shape index (κ1) is 24.4. The van der Waals surface area contributed by atoms with E-state index in [1.807, 2.05) is 24.3 Å². The minimum atomic E-state index is -0.642. The number of thioether (sulfide) groups is 1. The van der Waals surface area contributed by atoms with Crippen molar-refractivity contribution in [1.29, 1.82) is 0 Å². The van der Waals surface area contributed by atoms with Crippen LogP contribution in [-0.4, -0.2) is 11.7 Å². The van der Waals surface area contributed by atoms with E-state index >= 15 is 0 Å². The molecule has 0 aliphatic carbocycles. The summed E-state index contributed by atoms with van der Waals surface area (Å²) < 4.78 is 47.9. The number of rotatable bonds is 8. The predicted molar refractivity (Wildman–Crippen MR) is 133 cm³/mol. The highest BCUT2D eigenvalue weighted by Gasteiger charge is 2.15. The van der Waals surface area contributed by atoms with Gasteiger partial charge in [-0.3, -0.25) is 4.79 Å². The van der Waals surface area contributed by atoms with Gasteiger partial charge in [0.1, 0.15) is 29.0 Å². The Bertz CT molecular complexity index is 1340. The van der Waals surface area contributed by atoms with Crippen LogP contribution in [0.2, 0.25) is 0 Å². The third-order valence-electron chi connectivity index (χ3n) is 5.11. The molecule has 35 heavy (non-hydrogen) atoms. The molecule has 4 aromatic carbocycles. The van der Waals surface area contributed by atoms with Crippen LogP contribution in [0.1, 0.15) is 12.5 Å². The van der Waals surface area contributed by atoms with Crippen molar-refractivity contribution < 1.29 is 22.7 Å². The lowest BCUT2D eigenvalue weighted by atomic mass is 10.0. The van der Waals surface area contributed by atoms with E-state index in [0.29, 0.717) is 5.69 Å². The van der Waals surface area contributed by atoms with Crippen LogP contribution < -0.4 is 10.1 Å². The molecule has 1 N–H and O–H groups in total. The largest absolute Gasteiger partial charge is 0.457 e. The van der Waals surface area contributed by atoms with Crippen LogP contribution in [0, 0.1) is 17.5 Å². The van der Waals surface area contributed by atoms with Crippen molar-refractivity contribution in [2.24, 2.45) is 0 Å². The van der Waals surface area contributed by atoms with Gasteiger partial charge in [0.15, 0.2) is 0 Å². The molecule has 0 unspecified atom stereocenters. The van der Waals surface area contributed by atoms with Gasteiger partial charge in [-0.05, 0) is 65.9 Å². The Labute approximate surface area is 206 Å². The number of hydrogen-bond donors (Lipinski definition) is 1. The van der Waals surface area contributed by atoms with Gasteiger partial charge in [0, 0.05) is 33.8 Å². The van der Waals surface area contributed by atoms with Crippen LogP contribution in [0.4, 0.5) is 18.9 Å². The molecule has 3 nitrogen and oxygen atoms in total. The minimum absolute atomic E-state index is 0.0145. The number of nitrogens with one attached hydrogen (secondary N) is 1. The predicted octanol–water partition coefficient (Wildman–Crippen LogP) is 7.86. The molecule has 0 aliphatic rings. The van der Waals surface area contributed by atoms with Crippen molar-refractivity contribution in [3.63, 3.8) is 0 Å². The van der Waals surface area contributed by atoms with Gasteiger partial charge in [-0.25, -0.2) is 13.2 Å². The maximum Gasteiger partial charge on any atom is 0.228 e. The number of benzene rings is 4. The average molecular weight is 494 g/mol. The van der Waals surface area contributed by atoms with Crippen molar-refractivity contribution in [3.05, 3.63) is 108 Å². The summed E-state index contributed by atoms with van der Waals surface area (Å²) in [5, 5.41) is 2.81. The number of halogens is 3. The van der Waals surface area contributed by atoms with Crippen LogP contribution in [0.15, 0.2) is 89.8 Å². The number of anilines is 1. The molecular weight excluding hydrogens is 471 g/mol. The smallest absolute Gasteiger partial charge is 0.228 e. The fourth-order valence-electron chi connectivity index (χ4n) is 3.53. The summed E-state index contributed by atoms with van der Waals surface area (Å²) in [7, 11) is 0. The molecule has 0 spiro atoms. The highest BCUT2D eigenvalue weighted by Crippen LogP contribution is 2.37. The van der Waals surface area contributed by atoms with E-state index < -0.39 is 17.5 Å². The summed E-state index contributed by atoms with van der Waals surface area (Å²) in [6.45, 7) is 2.08. The van der Waals surface area contributed by atoms with Crippen molar-refractivity contribution in [2.45, 2.75) is 18.2 Å². The third kappa shape index (κ3) is 6.45. The first-order valence-corrected chi connectivity index (χ1v) is 11.9. The van der Waals surface area contributed by atoms with Crippen molar-refractivity contribution in [2.75, 3.05) is 11.1 Å². The highest BCUT2D eigenvalue weighted by molar-refractivity contribution is 7.99. The summed E-state index contributed by atoms with van der Waals surface area (Å²) in [5.41, 5.74) is 1.50. The molecule has 0 atom stereocenters. The first-order chi connectivity index (χ1) is 16.9. The quantitative estimate of drug-likeness (QED) is 0.254. The van der Waals surface area contributed by atoms with Crippen LogP contribution >= 0.6 is 11.8 Å². The summed E-state index contributed by atoms with van der Waals surface area (Å²) in [6.07, 6.45) is 0.164. The van der Waals surface area contributed by atoms with Gasteiger partial charge in [-0.1, -0.05) is 25.1 Å². The van der Waals surface area contributed by atoms with E-state index in [0.717, 1.165) is 34.4 Å². The Hall–Kier alpha value is -3.71. The van der Waals surface area contributed by atoms with Crippen LogP contribution in [0.5, 0.6) is 11.5 Å². The summed E-state index contributed by atoms with van der Waals surface area (Å²) in [4.78, 5) is 13.8. The Morgan fingerprint density at radius 3 is 2.37 bits per heavy atom. The Morgan fingerprint density at radius 1 is 0.857 bits per heavy atom. The van der Waals surface area contributed by atoms with Gasteiger partial charge < -0.3 is 10.1 Å². The molecule has 0 aliphatic heterocycles. The molecule has 178 valence electrons. The van der Waals surface area contributed by atoms with E-state index in [1.165, 1.54) is 30.3 Å². The summed E-state index contributed by atoms with van der Waals surface area (Å²) in [6, 6.07) is 20.9. The van der Waals surface area contributed by atoms with Gasteiger partial charge in [0.2, 0.25) is 5.91 Å². The van der Waals surface area contributed by atoms with E-state index in [-0.39, 0.29) is 35.0 Å².